The number of hydrogen-bond donors (Lipinski definition) is 1. The lowest BCUT2D eigenvalue weighted by Crippen LogP contribution is -2.22. The van der Waals surface area contributed by atoms with Gasteiger partial charge in [-0.05, 0) is 36.4 Å². The summed E-state index contributed by atoms with van der Waals surface area (Å²) in [5.41, 5.74) is 2.93. The number of anilines is 2. The molecule has 1 heterocycles. The Labute approximate surface area is 154 Å². The Morgan fingerprint density at radius 2 is 1.88 bits per heavy atom. The van der Waals surface area contributed by atoms with E-state index < -0.39 is 0 Å². The van der Waals surface area contributed by atoms with Crippen molar-refractivity contribution in [3.63, 3.8) is 0 Å². The summed E-state index contributed by atoms with van der Waals surface area (Å²) in [4.78, 5) is 22.7. The molecule has 0 saturated carbocycles. The highest BCUT2D eigenvalue weighted by Gasteiger charge is 2.16. The van der Waals surface area contributed by atoms with Gasteiger partial charge in [0.15, 0.2) is 0 Å². The fourth-order valence-electron chi connectivity index (χ4n) is 2.51. The molecule has 3 aromatic rings. The van der Waals surface area contributed by atoms with Gasteiger partial charge in [0, 0.05) is 33.0 Å². The Morgan fingerprint density at radius 1 is 1.12 bits per heavy atom. The van der Waals surface area contributed by atoms with Crippen molar-refractivity contribution in [2.75, 3.05) is 26.5 Å². The minimum atomic E-state index is -0.125. The predicted octanol–water partition coefficient (Wildman–Crippen LogP) is 3.84. The number of rotatable bonds is 5. The molecule has 26 heavy (non-hydrogen) atoms. The summed E-state index contributed by atoms with van der Waals surface area (Å²) in [5, 5.41) is 3.17. The molecular formula is C20H22N4O2. The van der Waals surface area contributed by atoms with E-state index >= 15 is 0 Å². The summed E-state index contributed by atoms with van der Waals surface area (Å²) in [7, 11) is 4.97. The van der Waals surface area contributed by atoms with E-state index in [1.54, 1.807) is 39.5 Å². The molecule has 0 aliphatic carbocycles. The lowest BCUT2D eigenvalue weighted by atomic mass is 10.1. The van der Waals surface area contributed by atoms with E-state index in [9.17, 15) is 4.79 Å². The first-order valence-electron chi connectivity index (χ1n) is 8.13. The molecule has 3 rings (SSSR count). The first-order valence-corrected chi connectivity index (χ1v) is 8.13. The number of methoxy groups -OCH3 is 1. The fraction of sp³-hybridized carbons (Fsp3) is 0.150. The standard InChI is InChI=1S/C20H20N4O2.H2/c1-24(2)19(25)16-13-14(9-10-18(16)26-3)17-11-12-21-20(23-17)22-15-7-5-4-6-8-15;/h4-13H,1-3H3,(H,21,22,23);1H. The van der Waals surface area contributed by atoms with Crippen LogP contribution in [-0.4, -0.2) is 42.0 Å². The second kappa shape index (κ2) is 7.65. The van der Waals surface area contributed by atoms with Gasteiger partial charge in [-0.25, -0.2) is 9.97 Å². The SMILES string of the molecule is COc1ccc(-c2ccnc(Nc3ccccc3)n2)cc1C(=O)N(C)C.[HH]. The number of carbonyl (C=O) groups excluding carboxylic acids is 1. The number of amides is 1. The molecule has 134 valence electrons. The number of benzene rings is 2. The van der Waals surface area contributed by atoms with Gasteiger partial charge in [-0.2, -0.15) is 0 Å². The Bertz CT molecular complexity index is 917. The van der Waals surface area contributed by atoms with E-state index in [1.807, 2.05) is 42.5 Å². The average Bonchev–Trinajstić information content (AvgIpc) is 2.68. The van der Waals surface area contributed by atoms with Gasteiger partial charge >= 0.3 is 0 Å². The molecule has 0 spiro atoms. The fourth-order valence-corrected chi connectivity index (χ4v) is 2.51. The molecule has 0 aliphatic rings. The van der Waals surface area contributed by atoms with E-state index in [4.69, 9.17) is 4.74 Å². The van der Waals surface area contributed by atoms with Gasteiger partial charge in [-0.1, -0.05) is 18.2 Å². The van der Waals surface area contributed by atoms with Gasteiger partial charge in [-0.15, -0.1) is 0 Å². The Balaban J connectivity index is 0.00000261. The van der Waals surface area contributed by atoms with Crippen molar-refractivity contribution >= 4 is 17.5 Å². The van der Waals surface area contributed by atoms with Gasteiger partial charge in [0.05, 0.1) is 18.4 Å². The molecule has 6 nitrogen and oxygen atoms in total. The van der Waals surface area contributed by atoms with Crippen LogP contribution in [-0.2, 0) is 0 Å². The summed E-state index contributed by atoms with van der Waals surface area (Å²) in [6, 6.07) is 17.0. The van der Waals surface area contributed by atoms with Crippen LogP contribution in [0.3, 0.4) is 0 Å². The molecule has 0 radical (unpaired) electrons. The van der Waals surface area contributed by atoms with Gasteiger partial charge in [-0.3, -0.25) is 4.79 Å². The van der Waals surface area contributed by atoms with Gasteiger partial charge in [0.1, 0.15) is 5.75 Å². The average molecular weight is 350 g/mol. The minimum absolute atomic E-state index is 0. The van der Waals surface area contributed by atoms with Crippen molar-refractivity contribution in [1.29, 1.82) is 0 Å². The summed E-state index contributed by atoms with van der Waals surface area (Å²) in [6.45, 7) is 0. The van der Waals surface area contributed by atoms with Crippen LogP contribution in [0.25, 0.3) is 11.3 Å². The third-order valence-corrected chi connectivity index (χ3v) is 3.82. The molecule has 1 aromatic heterocycles. The largest absolute Gasteiger partial charge is 0.496 e. The van der Waals surface area contributed by atoms with E-state index in [1.165, 1.54) is 4.90 Å². The van der Waals surface area contributed by atoms with E-state index in [2.05, 4.69) is 15.3 Å². The molecule has 0 unspecified atom stereocenters. The van der Waals surface area contributed by atoms with Crippen LogP contribution in [0.1, 0.15) is 11.8 Å². The van der Waals surface area contributed by atoms with Gasteiger partial charge in [0.2, 0.25) is 5.95 Å². The maximum absolute atomic E-state index is 12.4. The second-order valence-electron chi connectivity index (χ2n) is 5.87. The van der Waals surface area contributed by atoms with E-state index in [0.29, 0.717) is 23.0 Å². The van der Waals surface area contributed by atoms with Crippen molar-refractivity contribution in [2.24, 2.45) is 0 Å². The van der Waals surface area contributed by atoms with Crippen LogP contribution in [0, 0.1) is 0 Å². The molecule has 1 N–H and O–H groups in total. The summed E-state index contributed by atoms with van der Waals surface area (Å²) in [5.74, 6) is 0.898. The van der Waals surface area contributed by atoms with Crippen molar-refractivity contribution in [1.82, 2.24) is 14.9 Å². The maximum atomic E-state index is 12.4. The molecule has 0 saturated heterocycles. The molecule has 0 bridgehead atoms. The quantitative estimate of drug-likeness (QED) is 0.757. The number of hydrogen-bond acceptors (Lipinski definition) is 5. The summed E-state index contributed by atoms with van der Waals surface area (Å²) < 4.78 is 5.32. The third kappa shape index (κ3) is 3.80. The molecule has 2 aromatic carbocycles. The number of nitrogens with one attached hydrogen (secondary N) is 1. The number of carbonyl (C=O) groups is 1. The number of para-hydroxylation sites is 1. The van der Waals surface area contributed by atoms with Crippen LogP contribution >= 0.6 is 0 Å². The predicted molar refractivity (Wildman–Crippen MR) is 104 cm³/mol. The van der Waals surface area contributed by atoms with Gasteiger partial charge in [0.25, 0.3) is 5.91 Å². The van der Waals surface area contributed by atoms with Crippen LogP contribution in [0.2, 0.25) is 0 Å². The monoisotopic (exact) mass is 350 g/mol. The van der Waals surface area contributed by atoms with Crippen LogP contribution < -0.4 is 10.1 Å². The Morgan fingerprint density at radius 3 is 2.58 bits per heavy atom. The number of nitrogens with zero attached hydrogens (tertiary/aromatic N) is 3. The molecule has 1 amide bonds. The van der Waals surface area contributed by atoms with Gasteiger partial charge < -0.3 is 15.0 Å². The topological polar surface area (TPSA) is 67.3 Å². The van der Waals surface area contributed by atoms with Crippen molar-refractivity contribution in [2.45, 2.75) is 0 Å². The summed E-state index contributed by atoms with van der Waals surface area (Å²) in [6.07, 6.45) is 1.69. The summed E-state index contributed by atoms with van der Waals surface area (Å²) >= 11 is 0. The third-order valence-electron chi connectivity index (χ3n) is 3.82. The first kappa shape index (κ1) is 17.4. The smallest absolute Gasteiger partial charge is 0.257 e. The lowest BCUT2D eigenvalue weighted by molar-refractivity contribution is 0.0824. The Kier molecular flexibility index (Phi) is 5.12. The second-order valence-corrected chi connectivity index (χ2v) is 5.87. The maximum Gasteiger partial charge on any atom is 0.257 e. The normalized spacial score (nSPS) is 10.3. The van der Waals surface area contributed by atoms with Crippen molar-refractivity contribution in [3.05, 3.63) is 66.4 Å². The van der Waals surface area contributed by atoms with Crippen LogP contribution in [0.5, 0.6) is 5.75 Å². The zero-order valence-electron chi connectivity index (χ0n) is 14.9. The van der Waals surface area contributed by atoms with Crippen molar-refractivity contribution < 1.29 is 11.0 Å². The minimum Gasteiger partial charge on any atom is -0.496 e. The molecular weight excluding hydrogens is 328 g/mol. The highest BCUT2D eigenvalue weighted by atomic mass is 16.5. The number of ether oxygens (including phenoxy) is 1. The number of aromatic nitrogens is 2. The van der Waals surface area contributed by atoms with Crippen LogP contribution in [0.4, 0.5) is 11.6 Å². The van der Waals surface area contributed by atoms with E-state index in [0.717, 1.165) is 11.3 Å². The zero-order chi connectivity index (χ0) is 18.5. The lowest BCUT2D eigenvalue weighted by Gasteiger charge is -2.14. The molecule has 0 fully saturated rings. The molecule has 0 aliphatic heterocycles. The highest BCUT2D eigenvalue weighted by Crippen LogP contribution is 2.27. The molecule has 0 atom stereocenters. The molecule has 6 heteroatoms. The van der Waals surface area contributed by atoms with E-state index in [-0.39, 0.29) is 7.33 Å². The van der Waals surface area contributed by atoms with Crippen molar-refractivity contribution in [3.8, 4) is 17.0 Å². The Hall–Kier alpha value is -3.41. The highest BCUT2D eigenvalue weighted by molar-refractivity contribution is 5.97. The van der Waals surface area contributed by atoms with Crippen LogP contribution in [0.15, 0.2) is 60.8 Å². The first-order chi connectivity index (χ1) is 12.6. The zero-order valence-corrected chi connectivity index (χ0v) is 14.9.